The molecular formula is C17H14N2O. The van der Waals surface area contributed by atoms with E-state index in [-0.39, 0.29) is 5.82 Å². The molecule has 3 rings (SSSR count). The molecule has 3 nitrogen and oxygen atoms in total. The normalized spacial score (nSPS) is 10.7. The minimum absolute atomic E-state index is 0.226. The van der Waals surface area contributed by atoms with Crippen molar-refractivity contribution in [3.8, 4) is 11.3 Å². The number of hydrogen-bond acceptors (Lipinski definition) is 3. The monoisotopic (exact) mass is 262 g/mol. The number of carbonyl (C=O) groups is 1. The van der Waals surface area contributed by atoms with Crippen LogP contribution in [0.1, 0.15) is 21.9 Å². The predicted molar refractivity (Wildman–Crippen MR) is 79.8 cm³/mol. The molecule has 0 unspecified atom stereocenters. The Labute approximate surface area is 117 Å². The van der Waals surface area contributed by atoms with E-state index in [1.165, 1.54) is 10.9 Å². The molecule has 2 aromatic carbocycles. The first-order valence-corrected chi connectivity index (χ1v) is 6.47. The second-order valence-electron chi connectivity index (χ2n) is 4.94. The number of aromatic nitrogens is 2. The molecule has 0 bridgehead atoms. The van der Waals surface area contributed by atoms with Gasteiger partial charge in [-0.1, -0.05) is 35.9 Å². The van der Waals surface area contributed by atoms with Gasteiger partial charge in [0.05, 0.1) is 5.69 Å². The molecule has 0 aliphatic rings. The maximum Gasteiger partial charge on any atom is 0.193 e. The molecule has 0 atom stereocenters. The highest BCUT2D eigenvalue weighted by Crippen LogP contribution is 2.24. The summed E-state index contributed by atoms with van der Waals surface area (Å²) in [5, 5.41) is 2.37. The second-order valence-corrected chi connectivity index (χ2v) is 4.94. The van der Waals surface area contributed by atoms with Gasteiger partial charge in [0.1, 0.15) is 0 Å². The van der Waals surface area contributed by atoms with Gasteiger partial charge in [0.25, 0.3) is 0 Å². The molecule has 98 valence electrons. The lowest BCUT2D eigenvalue weighted by Gasteiger charge is -2.06. The third kappa shape index (κ3) is 2.30. The number of hydrogen-bond donors (Lipinski definition) is 0. The number of benzene rings is 2. The Morgan fingerprint density at radius 1 is 0.900 bits per heavy atom. The number of nitrogens with zero attached hydrogens (tertiary/aromatic N) is 2. The summed E-state index contributed by atoms with van der Waals surface area (Å²) in [4.78, 5) is 19.2. The molecule has 0 amide bonds. The Morgan fingerprint density at radius 3 is 2.45 bits per heavy atom. The Morgan fingerprint density at radius 2 is 1.65 bits per heavy atom. The van der Waals surface area contributed by atoms with Crippen molar-refractivity contribution in [2.75, 3.05) is 0 Å². The molecule has 0 saturated carbocycles. The highest BCUT2D eigenvalue weighted by molar-refractivity contribution is 5.87. The third-order valence-corrected chi connectivity index (χ3v) is 3.27. The van der Waals surface area contributed by atoms with Crippen LogP contribution in [-0.4, -0.2) is 16.3 Å². The van der Waals surface area contributed by atoms with Crippen molar-refractivity contribution in [1.29, 1.82) is 0 Å². The van der Waals surface area contributed by atoms with Gasteiger partial charge in [-0.15, -0.1) is 0 Å². The molecule has 1 aromatic heterocycles. The zero-order valence-electron chi connectivity index (χ0n) is 11.4. The second kappa shape index (κ2) is 4.85. The van der Waals surface area contributed by atoms with Gasteiger partial charge in [0, 0.05) is 11.3 Å². The maximum atomic E-state index is 10.9. The number of fused-ring (bicyclic) bond motifs is 1. The van der Waals surface area contributed by atoms with Crippen molar-refractivity contribution < 1.29 is 4.79 Å². The zero-order chi connectivity index (χ0) is 14.1. The SMILES string of the molecule is Cc1ccc2cc(-c3cc(C)nc(C=O)n3)ccc2c1. The smallest absolute Gasteiger partial charge is 0.193 e. The van der Waals surface area contributed by atoms with Crippen LogP contribution >= 0.6 is 0 Å². The molecule has 0 saturated heterocycles. The van der Waals surface area contributed by atoms with Crippen LogP contribution < -0.4 is 0 Å². The fourth-order valence-corrected chi connectivity index (χ4v) is 2.32. The first-order chi connectivity index (χ1) is 9.65. The molecule has 3 heteroatoms. The molecule has 20 heavy (non-hydrogen) atoms. The van der Waals surface area contributed by atoms with E-state index < -0.39 is 0 Å². The van der Waals surface area contributed by atoms with Crippen molar-refractivity contribution >= 4 is 17.1 Å². The molecule has 0 fully saturated rings. The third-order valence-electron chi connectivity index (χ3n) is 3.27. The van der Waals surface area contributed by atoms with Crippen LogP contribution in [0.3, 0.4) is 0 Å². The summed E-state index contributed by atoms with van der Waals surface area (Å²) >= 11 is 0. The summed E-state index contributed by atoms with van der Waals surface area (Å²) in [6.07, 6.45) is 0.681. The van der Waals surface area contributed by atoms with Gasteiger partial charge in [-0.2, -0.15) is 0 Å². The number of rotatable bonds is 2. The van der Waals surface area contributed by atoms with E-state index in [2.05, 4.69) is 47.2 Å². The first kappa shape index (κ1) is 12.5. The lowest BCUT2D eigenvalue weighted by atomic mass is 10.0. The first-order valence-electron chi connectivity index (χ1n) is 6.47. The number of aldehydes is 1. The van der Waals surface area contributed by atoms with Gasteiger partial charge in [0.15, 0.2) is 12.1 Å². The minimum atomic E-state index is 0.226. The van der Waals surface area contributed by atoms with Crippen molar-refractivity contribution in [2.45, 2.75) is 13.8 Å². The van der Waals surface area contributed by atoms with E-state index in [1.54, 1.807) is 0 Å². The van der Waals surface area contributed by atoms with Gasteiger partial charge in [0.2, 0.25) is 0 Å². The Bertz CT molecular complexity index is 809. The lowest BCUT2D eigenvalue weighted by Crippen LogP contribution is -1.97. The Kier molecular flexibility index (Phi) is 3.03. The summed E-state index contributed by atoms with van der Waals surface area (Å²) in [6.45, 7) is 3.94. The zero-order valence-corrected chi connectivity index (χ0v) is 11.4. The van der Waals surface area contributed by atoms with Gasteiger partial charge in [-0.25, -0.2) is 9.97 Å². The fourth-order valence-electron chi connectivity index (χ4n) is 2.32. The van der Waals surface area contributed by atoms with Gasteiger partial charge in [-0.3, -0.25) is 4.79 Å². The van der Waals surface area contributed by atoms with E-state index in [0.717, 1.165) is 22.3 Å². The highest BCUT2D eigenvalue weighted by atomic mass is 16.1. The van der Waals surface area contributed by atoms with Crippen molar-refractivity contribution in [2.24, 2.45) is 0 Å². The van der Waals surface area contributed by atoms with E-state index in [0.29, 0.717) is 6.29 Å². The van der Waals surface area contributed by atoms with Crippen LogP contribution in [0.15, 0.2) is 42.5 Å². The van der Waals surface area contributed by atoms with Crippen LogP contribution in [0, 0.1) is 13.8 Å². The summed E-state index contributed by atoms with van der Waals surface area (Å²) in [6, 6.07) is 14.4. The standard InChI is InChI=1S/C17H14N2O/c1-11-3-4-14-9-15(6-5-13(14)7-11)16-8-12(2)18-17(10-20)19-16/h3-10H,1-2H3. The maximum absolute atomic E-state index is 10.9. The Hall–Kier alpha value is -2.55. The van der Waals surface area contributed by atoms with Crippen LogP contribution in [0.5, 0.6) is 0 Å². The van der Waals surface area contributed by atoms with Crippen molar-refractivity contribution in [1.82, 2.24) is 9.97 Å². The summed E-state index contributed by atoms with van der Waals surface area (Å²) in [5.41, 5.74) is 3.81. The average Bonchev–Trinajstić information content (AvgIpc) is 2.46. The van der Waals surface area contributed by atoms with Crippen LogP contribution in [-0.2, 0) is 0 Å². The predicted octanol–water partition coefficient (Wildman–Crippen LogP) is 3.73. The molecule has 0 N–H and O–H groups in total. The summed E-state index contributed by atoms with van der Waals surface area (Å²) in [5.74, 6) is 0.226. The highest BCUT2D eigenvalue weighted by Gasteiger charge is 2.05. The van der Waals surface area contributed by atoms with E-state index >= 15 is 0 Å². The Balaban J connectivity index is 2.16. The molecular weight excluding hydrogens is 248 g/mol. The van der Waals surface area contributed by atoms with Crippen LogP contribution in [0.25, 0.3) is 22.0 Å². The van der Waals surface area contributed by atoms with Crippen LogP contribution in [0.4, 0.5) is 0 Å². The summed E-state index contributed by atoms with van der Waals surface area (Å²) < 4.78 is 0. The van der Waals surface area contributed by atoms with E-state index in [4.69, 9.17) is 0 Å². The van der Waals surface area contributed by atoms with E-state index in [9.17, 15) is 4.79 Å². The average molecular weight is 262 g/mol. The topological polar surface area (TPSA) is 42.9 Å². The molecule has 0 aliphatic carbocycles. The van der Waals surface area contributed by atoms with Gasteiger partial charge >= 0.3 is 0 Å². The molecule has 1 heterocycles. The van der Waals surface area contributed by atoms with Crippen molar-refractivity contribution in [3.63, 3.8) is 0 Å². The molecule has 0 aliphatic heterocycles. The number of aryl methyl sites for hydroxylation is 2. The van der Waals surface area contributed by atoms with Gasteiger partial charge < -0.3 is 0 Å². The van der Waals surface area contributed by atoms with Crippen LogP contribution in [0.2, 0.25) is 0 Å². The van der Waals surface area contributed by atoms with Crippen molar-refractivity contribution in [3.05, 3.63) is 59.5 Å². The minimum Gasteiger partial charge on any atom is -0.294 e. The molecule has 0 spiro atoms. The van der Waals surface area contributed by atoms with E-state index in [1.807, 2.05) is 19.1 Å². The quantitative estimate of drug-likeness (QED) is 0.661. The largest absolute Gasteiger partial charge is 0.294 e. The number of carbonyl (C=O) groups excluding carboxylic acids is 1. The molecule has 3 aromatic rings. The van der Waals surface area contributed by atoms with Gasteiger partial charge in [-0.05, 0) is 36.8 Å². The lowest BCUT2D eigenvalue weighted by molar-refractivity contribution is 0.111. The summed E-state index contributed by atoms with van der Waals surface area (Å²) in [7, 11) is 0. The molecule has 0 radical (unpaired) electrons. The fraction of sp³-hybridized carbons (Fsp3) is 0.118.